The van der Waals surface area contributed by atoms with Crippen molar-refractivity contribution in [3.63, 3.8) is 0 Å². The third-order valence-electron chi connectivity index (χ3n) is 4.60. The van der Waals surface area contributed by atoms with Gasteiger partial charge < -0.3 is 5.32 Å². The topological polar surface area (TPSA) is 79.8 Å². The summed E-state index contributed by atoms with van der Waals surface area (Å²) >= 11 is 0. The number of aromatic amines is 1. The number of nitrogens with one attached hydrogen (secondary N) is 2. The van der Waals surface area contributed by atoms with Gasteiger partial charge in [-0.3, -0.25) is 19.3 Å². The predicted molar refractivity (Wildman–Crippen MR) is 92.8 cm³/mol. The molecule has 1 aromatic carbocycles. The zero-order valence-electron chi connectivity index (χ0n) is 13.2. The lowest BCUT2D eigenvalue weighted by atomic mass is 9.89. The molecule has 4 rings (SSSR count). The lowest BCUT2D eigenvalue weighted by molar-refractivity contribution is 0.460. The number of nitrogens with zero attached hydrogens (tertiary/aromatic N) is 2. The molecule has 0 radical (unpaired) electrons. The second-order valence-electron chi connectivity index (χ2n) is 6.15. The molecule has 6 nitrogen and oxygen atoms in total. The molecule has 2 N–H and O–H groups in total. The summed E-state index contributed by atoms with van der Waals surface area (Å²) in [6.07, 6.45) is 5.39. The molecule has 0 aliphatic carbocycles. The van der Waals surface area contributed by atoms with Crippen LogP contribution in [0, 0.1) is 0 Å². The van der Waals surface area contributed by atoms with E-state index in [1.54, 1.807) is 6.20 Å². The number of piperidine rings is 1. The fourth-order valence-corrected chi connectivity index (χ4v) is 3.30. The Morgan fingerprint density at radius 1 is 1.08 bits per heavy atom. The summed E-state index contributed by atoms with van der Waals surface area (Å²) in [6, 6.07) is 9.62. The van der Waals surface area contributed by atoms with Gasteiger partial charge in [-0.05, 0) is 55.6 Å². The van der Waals surface area contributed by atoms with E-state index in [1.165, 1.54) is 22.4 Å². The average molecular weight is 322 g/mol. The van der Waals surface area contributed by atoms with E-state index in [0.717, 1.165) is 36.8 Å². The first kappa shape index (κ1) is 14.8. The summed E-state index contributed by atoms with van der Waals surface area (Å²) in [5.41, 5.74) is 1.99. The predicted octanol–water partition coefficient (Wildman–Crippen LogP) is 1.54. The lowest BCUT2D eigenvalue weighted by Gasteiger charge is -2.23. The molecule has 0 amide bonds. The van der Waals surface area contributed by atoms with Crippen LogP contribution in [-0.2, 0) is 0 Å². The van der Waals surface area contributed by atoms with Crippen molar-refractivity contribution in [1.82, 2.24) is 19.9 Å². The van der Waals surface area contributed by atoms with Gasteiger partial charge in [0.2, 0.25) is 0 Å². The number of hydrogen-bond acceptors (Lipinski definition) is 4. The van der Waals surface area contributed by atoms with E-state index >= 15 is 0 Å². The van der Waals surface area contributed by atoms with E-state index in [9.17, 15) is 9.59 Å². The minimum Gasteiger partial charge on any atom is -0.317 e. The van der Waals surface area contributed by atoms with Crippen LogP contribution in [0.15, 0.2) is 52.3 Å². The highest BCUT2D eigenvalue weighted by Crippen LogP contribution is 2.28. The molecule has 6 heteroatoms. The van der Waals surface area contributed by atoms with E-state index in [0.29, 0.717) is 11.6 Å². The molecule has 0 saturated carbocycles. The molecule has 3 aromatic rings. The Bertz CT molecular complexity index is 1000. The monoisotopic (exact) mass is 322 g/mol. The van der Waals surface area contributed by atoms with Gasteiger partial charge in [0.05, 0.1) is 17.4 Å². The molecular weight excluding hydrogens is 304 g/mol. The van der Waals surface area contributed by atoms with Crippen molar-refractivity contribution in [3.8, 4) is 5.69 Å². The minimum absolute atomic E-state index is 0.404. The Balaban J connectivity index is 1.78. The maximum atomic E-state index is 12.0. The highest BCUT2D eigenvalue weighted by atomic mass is 16.2. The largest absolute Gasteiger partial charge is 0.332 e. The molecule has 3 heterocycles. The molecule has 1 aliphatic rings. The Kier molecular flexibility index (Phi) is 3.74. The molecule has 122 valence electrons. The van der Waals surface area contributed by atoms with Crippen LogP contribution >= 0.6 is 0 Å². The summed E-state index contributed by atoms with van der Waals surface area (Å²) in [5.74, 6) is 0.565. The van der Waals surface area contributed by atoms with Crippen LogP contribution < -0.4 is 16.6 Å². The van der Waals surface area contributed by atoms with Crippen LogP contribution in [0.4, 0.5) is 0 Å². The van der Waals surface area contributed by atoms with Crippen molar-refractivity contribution >= 4 is 10.9 Å². The summed E-state index contributed by atoms with van der Waals surface area (Å²) in [7, 11) is 0. The number of hydrogen-bond donors (Lipinski definition) is 2. The Hall–Kier alpha value is -2.73. The Labute approximate surface area is 138 Å². The van der Waals surface area contributed by atoms with Crippen LogP contribution in [0.5, 0.6) is 0 Å². The van der Waals surface area contributed by atoms with Crippen molar-refractivity contribution in [1.29, 1.82) is 0 Å². The molecule has 0 bridgehead atoms. The first-order valence-electron chi connectivity index (χ1n) is 8.13. The molecule has 1 saturated heterocycles. The number of fused-ring (bicyclic) bond motifs is 1. The van der Waals surface area contributed by atoms with Gasteiger partial charge in [0.25, 0.3) is 5.56 Å². The quantitative estimate of drug-likeness (QED) is 0.750. The third kappa shape index (κ3) is 2.76. The maximum Gasteiger partial charge on any atom is 0.332 e. The molecule has 1 fully saturated rings. The number of pyridine rings is 1. The van der Waals surface area contributed by atoms with Crippen molar-refractivity contribution < 1.29 is 0 Å². The van der Waals surface area contributed by atoms with Crippen LogP contribution in [-0.4, -0.2) is 27.6 Å². The lowest BCUT2D eigenvalue weighted by Crippen LogP contribution is -2.27. The molecular formula is C18H18N4O2. The van der Waals surface area contributed by atoms with Crippen molar-refractivity contribution in [2.24, 2.45) is 0 Å². The zero-order valence-corrected chi connectivity index (χ0v) is 13.2. The van der Waals surface area contributed by atoms with E-state index in [1.807, 2.05) is 12.1 Å². The SMILES string of the molecule is O=c1ccn(-c2cnc3ccc(C4CCNCC4)cc3c2)c(=O)[nH]1. The molecule has 0 spiro atoms. The summed E-state index contributed by atoms with van der Waals surface area (Å²) in [6.45, 7) is 2.10. The fraction of sp³-hybridized carbons (Fsp3) is 0.278. The number of benzene rings is 1. The van der Waals surface area contributed by atoms with Gasteiger partial charge in [-0.1, -0.05) is 6.07 Å². The van der Waals surface area contributed by atoms with Gasteiger partial charge in [0, 0.05) is 17.6 Å². The summed E-state index contributed by atoms with van der Waals surface area (Å²) < 4.78 is 1.39. The zero-order chi connectivity index (χ0) is 16.5. The summed E-state index contributed by atoms with van der Waals surface area (Å²) in [5, 5.41) is 4.39. The van der Waals surface area contributed by atoms with Gasteiger partial charge in [-0.2, -0.15) is 0 Å². The van der Waals surface area contributed by atoms with E-state index < -0.39 is 11.2 Å². The summed E-state index contributed by atoms with van der Waals surface area (Å²) in [4.78, 5) is 29.9. The van der Waals surface area contributed by atoms with Crippen molar-refractivity contribution in [3.05, 3.63) is 69.1 Å². The second-order valence-corrected chi connectivity index (χ2v) is 6.15. The maximum absolute atomic E-state index is 12.0. The number of H-pyrrole nitrogens is 1. The van der Waals surface area contributed by atoms with Gasteiger partial charge in [-0.25, -0.2) is 4.79 Å². The standard InChI is InChI=1S/C18H18N4O2/c23-17-5-8-22(18(24)21-17)15-10-14-9-13(1-2-16(14)20-11-15)12-3-6-19-7-4-12/h1-2,5,8-12,19H,3-4,6-7H2,(H,21,23,24). The average Bonchev–Trinajstić information content (AvgIpc) is 2.61. The molecule has 0 atom stereocenters. The van der Waals surface area contributed by atoms with E-state index in [-0.39, 0.29) is 0 Å². The molecule has 1 aliphatic heterocycles. The Morgan fingerprint density at radius 3 is 2.71 bits per heavy atom. The van der Waals surface area contributed by atoms with Crippen LogP contribution in [0.2, 0.25) is 0 Å². The van der Waals surface area contributed by atoms with E-state index in [2.05, 4.69) is 27.4 Å². The molecule has 24 heavy (non-hydrogen) atoms. The van der Waals surface area contributed by atoms with Gasteiger partial charge >= 0.3 is 5.69 Å². The van der Waals surface area contributed by atoms with Crippen molar-refractivity contribution in [2.75, 3.05) is 13.1 Å². The number of rotatable bonds is 2. The fourth-order valence-electron chi connectivity index (χ4n) is 3.30. The van der Waals surface area contributed by atoms with Gasteiger partial charge in [-0.15, -0.1) is 0 Å². The number of aromatic nitrogens is 3. The molecule has 0 unspecified atom stereocenters. The third-order valence-corrected chi connectivity index (χ3v) is 4.60. The highest BCUT2D eigenvalue weighted by molar-refractivity contribution is 5.81. The highest BCUT2D eigenvalue weighted by Gasteiger charge is 2.15. The van der Waals surface area contributed by atoms with Crippen molar-refractivity contribution in [2.45, 2.75) is 18.8 Å². The minimum atomic E-state index is -0.460. The Morgan fingerprint density at radius 2 is 1.92 bits per heavy atom. The van der Waals surface area contributed by atoms with Crippen LogP contribution in [0.25, 0.3) is 16.6 Å². The van der Waals surface area contributed by atoms with E-state index in [4.69, 9.17) is 0 Å². The first-order valence-corrected chi connectivity index (χ1v) is 8.13. The van der Waals surface area contributed by atoms with Gasteiger partial charge in [0.1, 0.15) is 0 Å². The van der Waals surface area contributed by atoms with Crippen LogP contribution in [0.3, 0.4) is 0 Å². The first-order chi connectivity index (χ1) is 11.7. The van der Waals surface area contributed by atoms with Crippen LogP contribution in [0.1, 0.15) is 24.3 Å². The smallest absolute Gasteiger partial charge is 0.317 e. The van der Waals surface area contributed by atoms with Gasteiger partial charge in [0.15, 0.2) is 0 Å². The molecule has 2 aromatic heterocycles. The normalized spacial score (nSPS) is 15.7. The second kappa shape index (κ2) is 6.05.